The molecule has 1 aliphatic rings. The molecule has 2 aromatic carbocycles. The lowest BCUT2D eigenvalue weighted by Gasteiger charge is -2.29. The van der Waals surface area contributed by atoms with Gasteiger partial charge in [0.15, 0.2) is 5.54 Å². The van der Waals surface area contributed by atoms with Crippen LogP contribution in [0.15, 0.2) is 58.0 Å². The third-order valence-corrected chi connectivity index (χ3v) is 6.68. The van der Waals surface area contributed by atoms with Crippen LogP contribution < -0.4 is 10.1 Å². The van der Waals surface area contributed by atoms with Gasteiger partial charge in [-0.2, -0.15) is 0 Å². The van der Waals surface area contributed by atoms with Crippen molar-refractivity contribution in [2.75, 3.05) is 19.8 Å². The summed E-state index contributed by atoms with van der Waals surface area (Å²) in [5.74, 6) is 1.04. The van der Waals surface area contributed by atoms with Crippen molar-refractivity contribution in [3.05, 3.63) is 64.1 Å². The Bertz CT molecular complexity index is 1000. The minimum absolute atomic E-state index is 0.0953. The molecule has 0 saturated heterocycles. The number of amides is 1. The summed E-state index contributed by atoms with van der Waals surface area (Å²) in [4.78, 5) is 18.5. The molecule has 1 aliphatic heterocycles. The van der Waals surface area contributed by atoms with Crippen molar-refractivity contribution in [2.45, 2.75) is 58.6 Å². The van der Waals surface area contributed by atoms with Gasteiger partial charge in [0, 0.05) is 36.0 Å². The number of carbonyl (C=O) groups is 1. The summed E-state index contributed by atoms with van der Waals surface area (Å²) in [7, 11) is 0. The van der Waals surface area contributed by atoms with Gasteiger partial charge in [-0.15, -0.1) is 0 Å². The minimum Gasteiger partial charge on any atom is -0.494 e. The lowest BCUT2D eigenvalue weighted by Crippen LogP contribution is -2.53. The lowest BCUT2D eigenvalue weighted by atomic mass is 9.85. The van der Waals surface area contributed by atoms with E-state index < -0.39 is 11.6 Å². The van der Waals surface area contributed by atoms with E-state index in [-0.39, 0.29) is 17.9 Å². The standard InChI is InChI=1S/C27H35BrN2O4/c1-19-27(18-21-8-5-6-9-23(21)28,25(32)29-15-14-26(2,3)4)30-24(34-19)20-10-12-22(13-11-20)33-17-7-16-31/h5-6,8-13,19,31H,7,14-18H2,1-4H3,(H,29,32)/t19-,27-/m1/s1. The molecule has 0 aromatic heterocycles. The topological polar surface area (TPSA) is 80.2 Å². The van der Waals surface area contributed by atoms with Crippen molar-refractivity contribution >= 4 is 27.7 Å². The first-order valence-electron chi connectivity index (χ1n) is 11.8. The van der Waals surface area contributed by atoms with E-state index in [9.17, 15) is 4.79 Å². The predicted octanol–water partition coefficient (Wildman–Crippen LogP) is 4.91. The molecular weight excluding hydrogens is 496 g/mol. The number of hydrogen-bond acceptors (Lipinski definition) is 5. The minimum atomic E-state index is -1.08. The van der Waals surface area contributed by atoms with Crippen molar-refractivity contribution in [2.24, 2.45) is 10.4 Å². The molecule has 0 radical (unpaired) electrons. The molecule has 34 heavy (non-hydrogen) atoms. The molecule has 1 heterocycles. The summed E-state index contributed by atoms with van der Waals surface area (Å²) in [6.45, 7) is 9.51. The van der Waals surface area contributed by atoms with Gasteiger partial charge in [-0.05, 0) is 54.7 Å². The number of halogens is 1. The fourth-order valence-electron chi connectivity index (χ4n) is 3.78. The Balaban J connectivity index is 1.88. The Labute approximate surface area is 210 Å². The maximum absolute atomic E-state index is 13.6. The van der Waals surface area contributed by atoms with Crippen LogP contribution in [-0.4, -0.2) is 48.3 Å². The molecule has 2 N–H and O–H groups in total. The van der Waals surface area contributed by atoms with Gasteiger partial charge in [-0.25, -0.2) is 4.99 Å². The van der Waals surface area contributed by atoms with Gasteiger partial charge in [-0.1, -0.05) is 54.9 Å². The number of benzene rings is 2. The number of aliphatic hydroxyl groups excluding tert-OH is 1. The number of nitrogens with one attached hydrogen (secondary N) is 1. The molecule has 2 atom stereocenters. The van der Waals surface area contributed by atoms with Crippen molar-refractivity contribution < 1.29 is 19.4 Å². The predicted molar refractivity (Wildman–Crippen MR) is 138 cm³/mol. The van der Waals surface area contributed by atoms with Gasteiger partial charge in [0.1, 0.15) is 11.9 Å². The van der Waals surface area contributed by atoms with Crippen LogP contribution in [0.3, 0.4) is 0 Å². The lowest BCUT2D eigenvalue weighted by molar-refractivity contribution is -0.128. The molecule has 0 bridgehead atoms. The summed E-state index contributed by atoms with van der Waals surface area (Å²) in [6, 6.07) is 15.4. The molecule has 0 saturated carbocycles. The van der Waals surface area contributed by atoms with Crippen LogP contribution in [0, 0.1) is 5.41 Å². The SMILES string of the molecule is C[C@H]1OC(c2ccc(OCCCO)cc2)=N[C@@]1(Cc1ccccc1Br)C(=O)NCCC(C)(C)C. The van der Waals surface area contributed by atoms with Crippen LogP contribution in [0.1, 0.15) is 51.7 Å². The number of hydrogen-bond donors (Lipinski definition) is 2. The molecule has 7 heteroatoms. The second-order valence-electron chi connectivity index (χ2n) is 9.89. The maximum Gasteiger partial charge on any atom is 0.252 e. The van der Waals surface area contributed by atoms with Crippen molar-refractivity contribution in [3.63, 3.8) is 0 Å². The van der Waals surface area contributed by atoms with Gasteiger partial charge in [0.05, 0.1) is 6.61 Å². The Morgan fingerprint density at radius 3 is 2.56 bits per heavy atom. The van der Waals surface area contributed by atoms with Gasteiger partial charge in [-0.3, -0.25) is 4.79 Å². The number of rotatable bonds is 10. The molecule has 0 fully saturated rings. The van der Waals surface area contributed by atoms with Crippen LogP contribution in [0.5, 0.6) is 5.75 Å². The highest BCUT2D eigenvalue weighted by Crippen LogP contribution is 2.34. The Kier molecular flexibility index (Phi) is 8.77. The highest BCUT2D eigenvalue weighted by atomic mass is 79.9. The summed E-state index contributed by atoms with van der Waals surface area (Å²) in [6.07, 6.45) is 1.43. The summed E-state index contributed by atoms with van der Waals surface area (Å²) < 4.78 is 12.7. The van der Waals surface area contributed by atoms with E-state index in [1.165, 1.54) is 0 Å². The van der Waals surface area contributed by atoms with Crippen LogP contribution in [0.25, 0.3) is 0 Å². The maximum atomic E-state index is 13.6. The summed E-state index contributed by atoms with van der Waals surface area (Å²) >= 11 is 3.62. The van der Waals surface area contributed by atoms with E-state index >= 15 is 0 Å². The molecule has 0 unspecified atom stereocenters. The quantitative estimate of drug-likeness (QED) is 0.427. The third kappa shape index (κ3) is 6.60. The molecular formula is C27H35BrN2O4. The molecule has 184 valence electrons. The van der Waals surface area contributed by atoms with Gasteiger partial charge < -0.3 is 19.9 Å². The van der Waals surface area contributed by atoms with E-state index in [0.717, 1.165) is 22.0 Å². The number of aliphatic imine (C=N–C) groups is 1. The third-order valence-electron chi connectivity index (χ3n) is 5.91. The number of nitrogens with zero attached hydrogens (tertiary/aromatic N) is 1. The molecule has 0 aliphatic carbocycles. The molecule has 3 rings (SSSR count). The Morgan fingerprint density at radius 1 is 1.21 bits per heavy atom. The zero-order chi connectivity index (χ0) is 24.8. The fraction of sp³-hybridized carbons (Fsp3) is 0.481. The number of ether oxygens (including phenoxy) is 2. The zero-order valence-electron chi connectivity index (χ0n) is 20.4. The fourth-order valence-corrected chi connectivity index (χ4v) is 4.20. The molecule has 6 nitrogen and oxygen atoms in total. The monoisotopic (exact) mass is 530 g/mol. The number of aliphatic hydroxyl groups is 1. The summed E-state index contributed by atoms with van der Waals surface area (Å²) in [5, 5.41) is 12.0. The normalized spacial score (nSPS) is 19.9. The second-order valence-corrected chi connectivity index (χ2v) is 10.7. The van der Waals surface area contributed by atoms with Crippen molar-refractivity contribution in [3.8, 4) is 5.75 Å². The zero-order valence-corrected chi connectivity index (χ0v) is 22.0. The van der Waals surface area contributed by atoms with Crippen molar-refractivity contribution in [1.29, 1.82) is 0 Å². The van der Waals surface area contributed by atoms with Gasteiger partial charge in [0.2, 0.25) is 5.90 Å². The average molecular weight is 531 g/mol. The Morgan fingerprint density at radius 2 is 1.91 bits per heavy atom. The smallest absolute Gasteiger partial charge is 0.252 e. The van der Waals surface area contributed by atoms with Crippen molar-refractivity contribution in [1.82, 2.24) is 5.32 Å². The highest BCUT2D eigenvalue weighted by Gasteiger charge is 2.50. The average Bonchev–Trinajstić information content (AvgIpc) is 3.12. The second kappa shape index (κ2) is 11.4. The molecule has 2 aromatic rings. The van der Waals surface area contributed by atoms with E-state index in [1.807, 2.05) is 55.5 Å². The largest absolute Gasteiger partial charge is 0.494 e. The van der Waals surface area contributed by atoms with Crippen LogP contribution >= 0.6 is 15.9 Å². The number of carbonyl (C=O) groups excluding carboxylic acids is 1. The molecule has 1 amide bonds. The first-order valence-corrected chi connectivity index (χ1v) is 12.6. The van der Waals surface area contributed by atoms with E-state index in [0.29, 0.717) is 37.6 Å². The van der Waals surface area contributed by atoms with Gasteiger partial charge >= 0.3 is 0 Å². The highest BCUT2D eigenvalue weighted by molar-refractivity contribution is 9.10. The van der Waals surface area contributed by atoms with E-state index in [4.69, 9.17) is 19.6 Å². The van der Waals surface area contributed by atoms with Crippen LogP contribution in [0.4, 0.5) is 0 Å². The first-order chi connectivity index (χ1) is 16.1. The van der Waals surface area contributed by atoms with Crippen LogP contribution in [0.2, 0.25) is 0 Å². The summed E-state index contributed by atoms with van der Waals surface area (Å²) in [5.41, 5.74) is 0.836. The Hall–Kier alpha value is -2.38. The van der Waals surface area contributed by atoms with E-state index in [2.05, 4.69) is 42.0 Å². The first kappa shape index (κ1) is 26.2. The van der Waals surface area contributed by atoms with E-state index in [1.54, 1.807) is 0 Å². The molecule has 0 spiro atoms. The van der Waals surface area contributed by atoms with Crippen LogP contribution in [-0.2, 0) is 16.0 Å². The van der Waals surface area contributed by atoms with Gasteiger partial charge in [0.25, 0.3) is 5.91 Å².